The van der Waals surface area contributed by atoms with E-state index in [4.69, 9.17) is 9.26 Å². The van der Waals surface area contributed by atoms with Gasteiger partial charge in [0.1, 0.15) is 5.75 Å². The van der Waals surface area contributed by atoms with Gasteiger partial charge in [-0.15, -0.1) is 0 Å². The summed E-state index contributed by atoms with van der Waals surface area (Å²) >= 11 is 0. The summed E-state index contributed by atoms with van der Waals surface area (Å²) in [6, 6.07) is 25.8. The van der Waals surface area contributed by atoms with E-state index in [1.165, 1.54) is 5.56 Å². The maximum Gasteiger partial charge on any atom is 0.241 e. The first-order valence-corrected chi connectivity index (χ1v) is 12.8. The molecule has 0 saturated carbocycles. The number of nitrogens with one attached hydrogen (secondary N) is 1. The van der Waals surface area contributed by atoms with Crippen LogP contribution in [0.25, 0.3) is 11.4 Å². The van der Waals surface area contributed by atoms with Crippen LogP contribution in [0.4, 0.5) is 5.69 Å². The highest BCUT2D eigenvalue weighted by Gasteiger charge is 2.27. The van der Waals surface area contributed by atoms with E-state index in [0.717, 1.165) is 48.4 Å². The molecule has 1 aliphatic rings. The van der Waals surface area contributed by atoms with Gasteiger partial charge in [-0.3, -0.25) is 9.69 Å². The Labute approximate surface area is 217 Å². The van der Waals surface area contributed by atoms with Crippen LogP contribution in [0.15, 0.2) is 83.4 Å². The smallest absolute Gasteiger partial charge is 0.241 e. The van der Waals surface area contributed by atoms with E-state index >= 15 is 0 Å². The highest BCUT2D eigenvalue weighted by molar-refractivity contribution is 5.92. The van der Waals surface area contributed by atoms with E-state index < -0.39 is 0 Å². The minimum atomic E-state index is -0.102. The second-order valence-corrected chi connectivity index (χ2v) is 9.50. The van der Waals surface area contributed by atoms with E-state index in [0.29, 0.717) is 31.4 Å². The number of aromatic nitrogens is 2. The van der Waals surface area contributed by atoms with Crippen molar-refractivity contribution in [3.8, 4) is 17.1 Å². The zero-order valence-electron chi connectivity index (χ0n) is 21.1. The first-order chi connectivity index (χ1) is 18.1. The summed E-state index contributed by atoms with van der Waals surface area (Å²) in [5, 5.41) is 7.24. The fourth-order valence-electron chi connectivity index (χ4n) is 4.70. The van der Waals surface area contributed by atoms with Crippen LogP contribution in [0.1, 0.15) is 29.9 Å². The SMILES string of the molecule is Cc1ccccc1-c1noc(CN2CCCC(C(=O)Nc3cccc(OCCc4ccccc4)c3)C2)n1. The minimum Gasteiger partial charge on any atom is -0.493 e. The van der Waals surface area contributed by atoms with Gasteiger partial charge in [-0.05, 0) is 49.6 Å². The molecule has 0 bridgehead atoms. The van der Waals surface area contributed by atoms with Crippen LogP contribution in [0, 0.1) is 12.8 Å². The number of anilines is 1. The van der Waals surface area contributed by atoms with Crippen molar-refractivity contribution >= 4 is 11.6 Å². The third-order valence-electron chi connectivity index (χ3n) is 6.69. The summed E-state index contributed by atoms with van der Waals surface area (Å²) in [6.45, 7) is 4.71. The van der Waals surface area contributed by atoms with Crippen molar-refractivity contribution in [3.05, 3.63) is 95.9 Å². The number of aryl methyl sites for hydroxylation is 1. The normalized spacial score (nSPS) is 15.9. The van der Waals surface area contributed by atoms with Crippen molar-refractivity contribution in [3.63, 3.8) is 0 Å². The molecule has 7 heteroatoms. The average Bonchev–Trinajstić information content (AvgIpc) is 3.38. The second kappa shape index (κ2) is 11.8. The Balaban J connectivity index is 1.13. The van der Waals surface area contributed by atoms with Crippen molar-refractivity contribution in [1.82, 2.24) is 15.0 Å². The number of nitrogens with zero attached hydrogens (tertiary/aromatic N) is 3. The highest BCUT2D eigenvalue weighted by atomic mass is 16.5. The molecule has 0 radical (unpaired) electrons. The number of amides is 1. The molecule has 1 atom stereocenters. The molecular weight excluding hydrogens is 464 g/mol. The van der Waals surface area contributed by atoms with Crippen LogP contribution >= 0.6 is 0 Å². The molecule has 37 heavy (non-hydrogen) atoms. The second-order valence-electron chi connectivity index (χ2n) is 9.50. The predicted octanol–water partition coefficient (Wildman–Crippen LogP) is 5.52. The summed E-state index contributed by atoms with van der Waals surface area (Å²) in [4.78, 5) is 19.9. The van der Waals surface area contributed by atoms with Crippen molar-refractivity contribution in [1.29, 1.82) is 0 Å². The first kappa shape index (κ1) is 24.7. The fourth-order valence-corrected chi connectivity index (χ4v) is 4.70. The lowest BCUT2D eigenvalue weighted by Crippen LogP contribution is -2.40. The standard InChI is InChI=1S/C30H32N4O3/c1-22-9-5-6-15-27(22)29-32-28(37-33-29)21-34-17-8-12-24(20-34)30(35)31-25-13-7-14-26(19-25)36-18-16-23-10-3-2-4-11-23/h2-7,9-11,13-15,19,24H,8,12,16-18,20-21H2,1H3,(H,31,35). The summed E-state index contributed by atoms with van der Waals surface area (Å²) in [5.41, 5.74) is 4.06. The van der Waals surface area contributed by atoms with E-state index in [2.05, 4.69) is 32.5 Å². The van der Waals surface area contributed by atoms with Crippen LogP contribution < -0.4 is 10.1 Å². The highest BCUT2D eigenvalue weighted by Crippen LogP contribution is 2.24. The molecule has 7 nitrogen and oxygen atoms in total. The Kier molecular flexibility index (Phi) is 7.91. The van der Waals surface area contributed by atoms with Gasteiger partial charge in [-0.1, -0.05) is 65.8 Å². The molecule has 2 heterocycles. The molecule has 5 rings (SSSR count). The van der Waals surface area contributed by atoms with Crippen LogP contribution in [0.3, 0.4) is 0 Å². The number of hydrogen-bond donors (Lipinski definition) is 1. The lowest BCUT2D eigenvalue weighted by atomic mass is 9.97. The van der Waals surface area contributed by atoms with Gasteiger partial charge in [0.15, 0.2) is 0 Å². The van der Waals surface area contributed by atoms with Crippen molar-refractivity contribution in [2.75, 3.05) is 25.0 Å². The van der Waals surface area contributed by atoms with Crippen LogP contribution in [-0.4, -0.2) is 40.6 Å². The monoisotopic (exact) mass is 496 g/mol. The molecule has 4 aromatic rings. The van der Waals surface area contributed by atoms with Crippen molar-refractivity contribution < 1.29 is 14.1 Å². The molecular formula is C30H32N4O3. The van der Waals surface area contributed by atoms with Gasteiger partial charge < -0.3 is 14.6 Å². The van der Waals surface area contributed by atoms with Gasteiger partial charge in [0, 0.05) is 30.3 Å². The molecule has 0 aliphatic carbocycles. The number of ether oxygens (including phenoxy) is 1. The number of carbonyl (C=O) groups is 1. The Morgan fingerprint density at radius 2 is 1.92 bits per heavy atom. The largest absolute Gasteiger partial charge is 0.493 e. The quantitative estimate of drug-likeness (QED) is 0.329. The van der Waals surface area contributed by atoms with Gasteiger partial charge in [0.25, 0.3) is 0 Å². The molecule has 1 fully saturated rings. The van der Waals surface area contributed by atoms with Gasteiger partial charge in [-0.2, -0.15) is 4.98 Å². The Bertz CT molecular complexity index is 1320. The average molecular weight is 497 g/mol. The molecule has 1 unspecified atom stereocenters. The number of hydrogen-bond acceptors (Lipinski definition) is 6. The number of piperidine rings is 1. The van der Waals surface area contributed by atoms with Crippen molar-refractivity contribution in [2.45, 2.75) is 32.7 Å². The van der Waals surface area contributed by atoms with Gasteiger partial charge in [-0.25, -0.2) is 0 Å². The molecule has 1 aromatic heterocycles. The molecule has 1 N–H and O–H groups in total. The van der Waals surface area contributed by atoms with E-state index in [1.54, 1.807) is 0 Å². The zero-order chi connectivity index (χ0) is 25.5. The van der Waals surface area contributed by atoms with Gasteiger partial charge in [0.05, 0.1) is 19.1 Å². The lowest BCUT2D eigenvalue weighted by molar-refractivity contribution is -0.121. The van der Waals surface area contributed by atoms with Crippen LogP contribution in [0.2, 0.25) is 0 Å². The maximum absolute atomic E-state index is 13.1. The number of rotatable bonds is 9. The van der Waals surface area contributed by atoms with E-state index in [1.807, 2.05) is 73.7 Å². The number of likely N-dealkylation sites (tertiary alicyclic amines) is 1. The maximum atomic E-state index is 13.1. The Morgan fingerprint density at radius 1 is 1.08 bits per heavy atom. The van der Waals surface area contributed by atoms with Gasteiger partial charge >= 0.3 is 0 Å². The van der Waals surface area contributed by atoms with Gasteiger partial charge in [0.2, 0.25) is 17.6 Å². The summed E-state index contributed by atoms with van der Waals surface area (Å²) < 4.78 is 11.4. The predicted molar refractivity (Wildman–Crippen MR) is 143 cm³/mol. The van der Waals surface area contributed by atoms with Crippen LogP contribution in [-0.2, 0) is 17.8 Å². The third-order valence-corrected chi connectivity index (χ3v) is 6.69. The summed E-state index contributed by atoms with van der Waals surface area (Å²) in [7, 11) is 0. The summed E-state index contributed by atoms with van der Waals surface area (Å²) in [6.07, 6.45) is 2.63. The van der Waals surface area contributed by atoms with Crippen molar-refractivity contribution in [2.24, 2.45) is 5.92 Å². The van der Waals surface area contributed by atoms with E-state index in [-0.39, 0.29) is 11.8 Å². The zero-order valence-corrected chi connectivity index (χ0v) is 21.1. The molecule has 1 aliphatic heterocycles. The van der Waals surface area contributed by atoms with E-state index in [9.17, 15) is 4.79 Å². The molecule has 1 saturated heterocycles. The molecule has 190 valence electrons. The molecule has 0 spiro atoms. The fraction of sp³-hybridized carbons (Fsp3) is 0.300. The van der Waals surface area contributed by atoms with Crippen LogP contribution in [0.5, 0.6) is 5.75 Å². The summed E-state index contributed by atoms with van der Waals surface area (Å²) in [5.74, 6) is 1.84. The molecule has 3 aromatic carbocycles. The molecule has 1 amide bonds. The minimum absolute atomic E-state index is 0.0252. The third kappa shape index (κ3) is 6.62. The lowest BCUT2D eigenvalue weighted by Gasteiger charge is -2.30. The topological polar surface area (TPSA) is 80.5 Å². The number of benzene rings is 3. The Hall–Kier alpha value is -3.97. The number of carbonyl (C=O) groups excluding carboxylic acids is 1. The first-order valence-electron chi connectivity index (χ1n) is 12.8. The Morgan fingerprint density at radius 3 is 2.78 bits per heavy atom.